The number of nitrogens with one attached hydrogen (secondary N) is 4. The van der Waals surface area contributed by atoms with E-state index in [0.717, 1.165) is 16.3 Å². The first-order chi connectivity index (χ1) is 18.7. The quantitative estimate of drug-likeness (QED) is 0.298. The van der Waals surface area contributed by atoms with Crippen molar-refractivity contribution < 1.29 is 19.1 Å². The van der Waals surface area contributed by atoms with E-state index in [4.69, 9.17) is 4.74 Å². The van der Waals surface area contributed by atoms with Gasteiger partial charge >= 0.3 is 11.7 Å². The van der Waals surface area contributed by atoms with Gasteiger partial charge in [-0.2, -0.15) is 0 Å². The number of hydrogen-bond donors (Lipinski definition) is 4. The zero-order chi connectivity index (χ0) is 28.1. The minimum Gasteiger partial charge on any atom is -0.481 e. The maximum absolute atomic E-state index is 13.4. The predicted octanol–water partition coefficient (Wildman–Crippen LogP) is 0.870. The summed E-state index contributed by atoms with van der Waals surface area (Å²) in [6, 6.07) is 9.70. The highest BCUT2D eigenvalue weighted by Gasteiger charge is 2.36. The largest absolute Gasteiger partial charge is 0.481 e. The third kappa shape index (κ3) is 6.12. The highest BCUT2D eigenvalue weighted by Crippen LogP contribution is 2.32. The lowest BCUT2D eigenvalue weighted by Gasteiger charge is -2.25. The molecule has 2 aromatic heterocycles. The lowest BCUT2D eigenvalue weighted by atomic mass is 10.2. The second-order valence-electron chi connectivity index (χ2n) is 8.50. The molecule has 0 spiro atoms. The molecule has 0 bridgehead atoms. The zero-order valence-corrected chi connectivity index (χ0v) is 22.3. The minimum absolute atomic E-state index is 0.0423. The van der Waals surface area contributed by atoms with Gasteiger partial charge in [0, 0.05) is 38.1 Å². The summed E-state index contributed by atoms with van der Waals surface area (Å²) >= 11 is 0.795. The number of aromatic nitrogens is 3. The smallest absolute Gasteiger partial charge is 0.332 e. The summed E-state index contributed by atoms with van der Waals surface area (Å²) in [6.45, 7) is 2.36. The molecule has 1 atom stereocenters. The molecule has 13 nitrogen and oxygen atoms in total. The Morgan fingerprint density at radius 2 is 1.85 bits per heavy atom. The van der Waals surface area contributed by atoms with Crippen molar-refractivity contribution in [3.8, 4) is 5.88 Å². The van der Waals surface area contributed by atoms with E-state index in [1.54, 1.807) is 43.3 Å². The van der Waals surface area contributed by atoms with E-state index >= 15 is 0 Å². The first-order valence-corrected chi connectivity index (χ1v) is 12.8. The van der Waals surface area contributed by atoms with Crippen LogP contribution in [0.25, 0.3) is 0 Å². The van der Waals surface area contributed by atoms with Crippen molar-refractivity contribution in [1.29, 1.82) is 0 Å². The van der Waals surface area contributed by atoms with Gasteiger partial charge in [0.05, 0.1) is 13.7 Å². The number of pyridine rings is 1. The van der Waals surface area contributed by atoms with Crippen LogP contribution in [0.2, 0.25) is 0 Å². The Hall–Kier alpha value is -4.59. The van der Waals surface area contributed by atoms with Gasteiger partial charge in [-0.3, -0.25) is 23.5 Å². The Labute approximate surface area is 227 Å². The van der Waals surface area contributed by atoms with E-state index < -0.39 is 28.3 Å². The molecule has 0 fully saturated rings. The van der Waals surface area contributed by atoms with E-state index in [2.05, 4.69) is 26.3 Å². The van der Waals surface area contributed by atoms with Crippen molar-refractivity contribution in [3.63, 3.8) is 0 Å². The molecule has 1 aromatic carbocycles. The van der Waals surface area contributed by atoms with Crippen LogP contribution in [0.4, 0.5) is 16.3 Å². The molecule has 4 N–H and O–H groups in total. The van der Waals surface area contributed by atoms with Crippen molar-refractivity contribution in [2.24, 2.45) is 7.05 Å². The van der Waals surface area contributed by atoms with E-state index in [1.165, 1.54) is 24.9 Å². The molecular weight excluding hydrogens is 526 g/mol. The molecule has 4 rings (SSSR count). The summed E-state index contributed by atoms with van der Waals surface area (Å²) in [5.74, 6) is -0.802. The molecular formula is C25H27N7O6S. The molecule has 1 aliphatic rings. The standard InChI is InChI=1S/C25H27N7O6S/c1-4-26-24(36)29-16-7-5-14(6-8-16)13-32-23(35)18-20(31(2)25(32)37)30-22(34)19(39-18)21(33)28-12-15-9-10-27-17(11-15)38-3/h5-11,19H,4,12-13H2,1-3H3,(H,28,33)(H,30,34)(H2,26,29,36). The molecule has 39 heavy (non-hydrogen) atoms. The maximum Gasteiger partial charge on any atom is 0.332 e. The van der Waals surface area contributed by atoms with Crippen LogP contribution >= 0.6 is 11.8 Å². The van der Waals surface area contributed by atoms with Gasteiger partial charge < -0.3 is 26.0 Å². The topological polar surface area (TPSA) is 165 Å². The summed E-state index contributed by atoms with van der Waals surface area (Å²) < 4.78 is 7.28. The number of carbonyl (C=O) groups is 3. The summed E-state index contributed by atoms with van der Waals surface area (Å²) in [4.78, 5) is 67.8. The Morgan fingerprint density at radius 1 is 1.10 bits per heavy atom. The number of hydrogen-bond acceptors (Lipinski definition) is 8. The van der Waals surface area contributed by atoms with E-state index in [1.807, 2.05) is 0 Å². The molecule has 1 aliphatic heterocycles. The normalized spacial score (nSPS) is 14.1. The average Bonchev–Trinajstić information content (AvgIpc) is 2.93. The van der Waals surface area contributed by atoms with Gasteiger partial charge in [0.2, 0.25) is 17.7 Å². The lowest BCUT2D eigenvalue weighted by Crippen LogP contribution is -2.48. The van der Waals surface area contributed by atoms with E-state index in [-0.39, 0.29) is 29.8 Å². The first kappa shape index (κ1) is 27.4. The second-order valence-corrected chi connectivity index (χ2v) is 9.62. The van der Waals surface area contributed by atoms with Crippen LogP contribution < -0.4 is 37.3 Å². The summed E-state index contributed by atoms with van der Waals surface area (Å²) in [5.41, 5.74) is 0.655. The molecule has 0 saturated carbocycles. The van der Waals surface area contributed by atoms with Gasteiger partial charge in [-0.25, -0.2) is 14.6 Å². The Morgan fingerprint density at radius 3 is 2.54 bits per heavy atom. The van der Waals surface area contributed by atoms with Crippen LogP contribution in [0.3, 0.4) is 0 Å². The number of thioether (sulfide) groups is 1. The van der Waals surface area contributed by atoms with Gasteiger partial charge in [0.25, 0.3) is 5.56 Å². The second kappa shape index (κ2) is 11.9. The van der Waals surface area contributed by atoms with Crippen LogP contribution in [0.1, 0.15) is 18.1 Å². The van der Waals surface area contributed by atoms with Crippen molar-refractivity contribution in [2.45, 2.75) is 30.2 Å². The van der Waals surface area contributed by atoms with Gasteiger partial charge in [0.15, 0.2) is 5.25 Å². The van der Waals surface area contributed by atoms with Crippen LogP contribution in [0.15, 0.2) is 57.1 Å². The van der Waals surface area contributed by atoms with Gasteiger partial charge in [-0.1, -0.05) is 23.9 Å². The number of ether oxygens (including phenoxy) is 1. The number of fused-ring (bicyclic) bond motifs is 1. The van der Waals surface area contributed by atoms with Crippen LogP contribution in [-0.2, 0) is 29.7 Å². The fourth-order valence-electron chi connectivity index (χ4n) is 3.82. The highest BCUT2D eigenvalue weighted by atomic mass is 32.2. The number of nitrogens with zero attached hydrogens (tertiary/aromatic N) is 3. The Balaban J connectivity index is 1.53. The fourth-order valence-corrected chi connectivity index (χ4v) is 4.92. The minimum atomic E-state index is -1.24. The zero-order valence-electron chi connectivity index (χ0n) is 21.4. The maximum atomic E-state index is 13.4. The van der Waals surface area contributed by atoms with Crippen molar-refractivity contribution in [1.82, 2.24) is 24.8 Å². The summed E-state index contributed by atoms with van der Waals surface area (Å²) in [5, 5.41) is 9.30. The number of urea groups is 1. The molecule has 3 aromatic rings. The van der Waals surface area contributed by atoms with Crippen molar-refractivity contribution >= 4 is 41.1 Å². The predicted molar refractivity (Wildman–Crippen MR) is 145 cm³/mol. The first-order valence-electron chi connectivity index (χ1n) is 11.9. The van der Waals surface area contributed by atoms with Crippen LogP contribution in [0, 0.1) is 0 Å². The summed E-state index contributed by atoms with van der Waals surface area (Å²) in [6.07, 6.45) is 1.54. The lowest BCUT2D eigenvalue weighted by molar-refractivity contribution is -0.126. The SMILES string of the molecule is CCNC(=O)Nc1ccc(Cn2c(=O)c3c(n(C)c2=O)NC(=O)C(C(=O)NCc2ccnc(OC)c2)S3)cc1. The molecule has 14 heteroatoms. The molecule has 4 amide bonds. The van der Waals surface area contributed by atoms with E-state index in [0.29, 0.717) is 29.2 Å². The van der Waals surface area contributed by atoms with Gasteiger partial charge in [-0.15, -0.1) is 0 Å². The number of anilines is 2. The fraction of sp³-hybridized carbons (Fsp3) is 0.280. The number of methoxy groups -OCH3 is 1. The van der Waals surface area contributed by atoms with Gasteiger partial charge in [-0.05, 0) is 36.2 Å². The molecule has 204 valence electrons. The summed E-state index contributed by atoms with van der Waals surface area (Å²) in [7, 11) is 2.92. The number of benzene rings is 1. The molecule has 0 aliphatic carbocycles. The van der Waals surface area contributed by atoms with Crippen molar-refractivity contribution in [2.75, 3.05) is 24.3 Å². The number of carbonyl (C=O) groups excluding carboxylic acids is 3. The molecule has 3 heterocycles. The highest BCUT2D eigenvalue weighted by molar-refractivity contribution is 8.01. The third-order valence-corrected chi connectivity index (χ3v) is 7.09. The molecule has 1 unspecified atom stereocenters. The van der Waals surface area contributed by atoms with Crippen LogP contribution in [-0.4, -0.2) is 50.9 Å². The Kier molecular flexibility index (Phi) is 8.34. The molecule has 0 saturated heterocycles. The van der Waals surface area contributed by atoms with Crippen molar-refractivity contribution in [3.05, 3.63) is 74.6 Å². The monoisotopic (exact) mass is 553 g/mol. The third-order valence-electron chi connectivity index (χ3n) is 5.83. The molecule has 0 radical (unpaired) electrons. The van der Waals surface area contributed by atoms with Crippen LogP contribution in [0.5, 0.6) is 5.88 Å². The number of rotatable bonds is 8. The average molecular weight is 554 g/mol. The number of amides is 4. The van der Waals surface area contributed by atoms with E-state index in [9.17, 15) is 24.0 Å². The van der Waals surface area contributed by atoms with Gasteiger partial charge in [0.1, 0.15) is 10.7 Å². The Bertz CT molecular complexity index is 1530.